The molecule has 6 heteroatoms. The summed E-state index contributed by atoms with van der Waals surface area (Å²) >= 11 is 0. The van der Waals surface area contributed by atoms with Crippen molar-refractivity contribution in [2.24, 2.45) is 0 Å². The number of rotatable bonds is 7. The van der Waals surface area contributed by atoms with Crippen molar-refractivity contribution in [2.75, 3.05) is 11.9 Å². The number of carbonyl (C=O) groups excluding carboxylic acids is 1. The van der Waals surface area contributed by atoms with Crippen LogP contribution in [0.4, 0.5) is 5.69 Å². The standard InChI is InChI=1S/C25H25N3O3/c1-4-16(2)18-9-11-20(12-10-18)30-15-23(29)27-21-14-19(8-7-17(21)3)25-28-24-22(31-25)6-5-13-26-24/h5-14,16H,4,15H2,1-3H3,(H,27,29)/t16-/m1/s1. The second-order valence-corrected chi connectivity index (χ2v) is 7.59. The number of amides is 1. The number of nitrogens with zero attached hydrogens (tertiary/aromatic N) is 2. The van der Waals surface area contributed by atoms with Crippen molar-refractivity contribution < 1.29 is 13.9 Å². The average Bonchev–Trinajstić information content (AvgIpc) is 3.23. The van der Waals surface area contributed by atoms with Gasteiger partial charge in [0.25, 0.3) is 5.91 Å². The van der Waals surface area contributed by atoms with Gasteiger partial charge in [0.15, 0.2) is 17.8 Å². The van der Waals surface area contributed by atoms with Gasteiger partial charge in [0.1, 0.15) is 5.75 Å². The number of anilines is 1. The first-order valence-corrected chi connectivity index (χ1v) is 10.4. The lowest BCUT2D eigenvalue weighted by Gasteiger charge is -2.12. The quantitative estimate of drug-likeness (QED) is 0.417. The van der Waals surface area contributed by atoms with E-state index < -0.39 is 0 Å². The van der Waals surface area contributed by atoms with E-state index in [4.69, 9.17) is 9.15 Å². The Morgan fingerprint density at radius 3 is 2.71 bits per heavy atom. The Morgan fingerprint density at radius 2 is 1.97 bits per heavy atom. The number of benzene rings is 2. The Kier molecular flexibility index (Phi) is 5.98. The molecule has 0 spiro atoms. The fourth-order valence-electron chi connectivity index (χ4n) is 3.25. The van der Waals surface area contributed by atoms with Crippen molar-refractivity contribution in [2.45, 2.75) is 33.1 Å². The number of fused-ring (bicyclic) bond motifs is 1. The highest BCUT2D eigenvalue weighted by atomic mass is 16.5. The van der Waals surface area contributed by atoms with Gasteiger partial charge in [-0.1, -0.05) is 32.0 Å². The van der Waals surface area contributed by atoms with E-state index in [9.17, 15) is 4.79 Å². The molecule has 1 atom stereocenters. The molecule has 0 saturated carbocycles. The van der Waals surface area contributed by atoms with Crippen molar-refractivity contribution in [3.8, 4) is 17.2 Å². The molecule has 0 radical (unpaired) electrons. The monoisotopic (exact) mass is 415 g/mol. The molecule has 4 rings (SSSR count). The molecule has 1 amide bonds. The van der Waals surface area contributed by atoms with Gasteiger partial charge in [-0.3, -0.25) is 4.79 Å². The molecular weight excluding hydrogens is 390 g/mol. The molecule has 2 aromatic heterocycles. The number of carbonyl (C=O) groups is 1. The molecule has 4 aromatic rings. The van der Waals surface area contributed by atoms with Crippen LogP contribution in [0.2, 0.25) is 0 Å². The van der Waals surface area contributed by atoms with Crippen molar-refractivity contribution in [3.05, 3.63) is 71.9 Å². The number of nitrogens with one attached hydrogen (secondary N) is 1. The van der Waals surface area contributed by atoms with E-state index in [2.05, 4.69) is 29.1 Å². The van der Waals surface area contributed by atoms with Gasteiger partial charge >= 0.3 is 0 Å². The summed E-state index contributed by atoms with van der Waals surface area (Å²) in [5, 5.41) is 2.91. The van der Waals surface area contributed by atoms with Crippen LogP contribution in [0.1, 0.15) is 37.3 Å². The summed E-state index contributed by atoms with van der Waals surface area (Å²) in [5.41, 5.74) is 4.83. The van der Waals surface area contributed by atoms with Crippen molar-refractivity contribution in [1.29, 1.82) is 0 Å². The fraction of sp³-hybridized carbons (Fsp3) is 0.240. The number of hydrogen-bond acceptors (Lipinski definition) is 5. The van der Waals surface area contributed by atoms with Crippen molar-refractivity contribution in [1.82, 2.24) is 9.97 Å². The number of ether oxygens (including phenoxy) is 1. The molecule has 6 nitrogen and oxygen atoms in total. The van der Waals surface area contributed by atoms with Crippen LogP contribution in [0.15, 0.2) is 65.2 Å². The van der Waals surface area contributed by atoms with E-state index in [1.807, 2.05) is 55.5 Å². The predicted molar refractivity (Wildman–Crippen MR) is 121 cm³/mol. The first-order valence-electron chi connectivity index (χ1n) is 10.4. The van der Waals surface area contributed by atoms with Gasteiger partial charge in [0.05, 0.1) is 0 Å². The normalized spacial score (nSPS) is 12.0. The molecule has 1 N–H and O–H groups in total. The number of hydrogen-bond donors (Lipinski definition) is 1. The van der Waals surface area contributed by atoms with E-state index >= 15 is 0 Å². The highest BCUT2D eigenvalue weighted by molar-refractivity contribution is 5.93. The van der Waals surface area contributed by atoms with E-state index in [-0.39, 0.29) is 12.5 Å². The van der Waals surface area contributed by atoms with Gasteiger partial charge in [-0.25, -0.2) is 4.98 Å². The molecule has 0 saturated heterocycles. The van der Waals surface area contributed by atoms with E-state index in [1.165, 1.54) is 5.56 Å². The van der Waals surface area contributed by atoms with Gasteiger partial charge < -0.3 is 14.5 Å². The Bertz CT molecular complexity index is 1170. The Morgan fingerprint density at radius 1 is 1.16 bits per heavy atom. The van der Waals surface area contributed by atoms with Crippen LogP contribution in [-0.4, -0.2) is 22.5 Å². The van der Waals surface area contributed by atoms with Gasteiger partial charge in [-0.15, -0.1) is 0 Å². The third kappa shape index (κ3) is 4.74. The minimum atomic E-state index is -0.231. The number of aromatic nitrogens is 2. The largest absolute Gasteiger partial charge is 0.484 e. The highest BCUT2D eigenvalue weighted by Gasteiger charge is 2.12. The SMILES string of the molecule is CC[C@@H](C)c1ccc(OCC(=O)Nc2cc(-c3nc4ncccc4o3)ccc2C)cc1. The maximum atomic E-state index is 12.5. The molecular formula is C25H25N3O3. The molecule has 2 aromatic carbocycles. The summed E-state index contributed by atoms with van der Waals surface area (Å²) in [6.07, 6.45) is 2.76. The summed E-state index contributed by atoms with van der Waals surface area (Å²) in [7, 11) is 0. The average molecular weight is 415 g/mol. The summed E-state index contributed by atoms with van der Waals surface area (Å²) in [4.78, 5) is 21.1. The first-order chi connectivity index (χ1) is 15.0. The zero-order valence-corrected chi connectivity index (χ0v) is 17.9. The Labute approximate surface area is 181 Å². The molecule has 158 valence electrons. The van der Waals surface area contributed by atoms with Crippen LogP contribution < -0.4 is 10.1 Å². The molecule has 2 heterocycles. The van der Waals surface area contributed by atoms with Crippen LogP contribution >= 0.6 is 0 Å². The molecule has 0 fully saturated rings. The minimum Gasteiger partial charge on any atom is -0.484 e. The van der Waals surface area contributed by atoms with E-state index in [0.29, 0.717) is 34.5 Å². The van der Waals surface area contributed by atoms with Gasteiger partial charge in [-0.05, 0) is 66.8 Å². The Balaban J connectivity index is 1.42. The zero-order valence-electron chi connectivity index (χ0n) is 17.9. The molecule has 0 aliphatic heterocycles. The van der Waals surface area contributed by atoms with E-state index in [1.54, 1.807) is 12.3 Å². The Hall–Kier alpha value is -3.67. The maximum absolute atomic E-state index is 12.5. The molecule has 0 unspecified atom stereocenters. The smallest absolute Gasteiger partial charge is 0.262 e. The molecule has 0 aliphatic rings. The molecule has 0 bridgehead atoms. The third-order valence-electron chi connectivity index (χ3n) is 5.35. The molecule has 0 aliphatic carbocycles. The second-order valence-electron chi connectivity index (χ2n) is 7.59. The van der Waals surface area contributed by atoms with Crippen molar-refractivity contribution >= 4 is 22.8 Å². The van der Waals surface area contributed by atoms with Crippen molar-refractivity contribution in [3.63, 3.8) is 0 Å². The second kappa shape index (κ2) is 9.00. The number of pyridine rings is 1. The summed E-state index contributed by atoms with van der Waals surface area (Å²) < 4.78 is 11.4. The zero-order chi connectivity index (χ0) is 21.8. The number of aryl methyl sites for hydroxylation is 1. The topological polar surface area (TPSA) is 77.2 Å². The highest BCUT2D eigenvalue weighted by Crippen LogP contribution is 2.27. The van der Waals surface area contributed by atoms with Crippen LogP contribution in [0.3, 0.4) is 0 Å². The van der Waals surface area contributed by atoms with Crippen LogP contribution in [0.25, 0.3) is 22.7 Å². The predicted octanol–water partition coefficient (Wildman–Crippen LogP) is 5.73. The van der Waals surface area contributed by atoms with Crippen LogP contribution in [0.5, 0.6) is 5.75 Å². The lowest BCUT2D eigenvalue weighted by atomic mass is 9.99. The summed E-state index contributed by atoms with van der Waals surface area (Å²) in [5.74, 6) is 1.41. The lowest BCUT2D eigenvalue weighted by molar-refractivity contribution is -0.118. The van der Waals surface area contributed by atoms with Crippen LogP contribution in [0, 0.1) is 6.92 Å². The van der Waals surface area contributed by atoms with E-state index in [0.717, 1.165) is 17.5 Å². The minimum absolute atomic E-state index is 0.0703. The molecule has 31 heavy (non-hydrogen) atoms. The number of oxazole rings is 1. The summed E-state index contributed by atoms with van der Waals surface area (Å²) in [6, 6.07) is 17.2. The maximum Gasteiger partial charge on any atom is 0.262 e. The van der Waals surface area contributed by atoms with Gasteiger partial charge in [0, 0.05) is 17.4 Å². The first kappa shape index (κ1) is 20.6. The van der Waals surface area contributed by atoms with Gasteiger partial charge in [0.2, 0.25) is 5.89 Å². The van der Waals surface area contributed by atoms with Crippen LogP contribution in [-0.2, 0) is 4.79 Å². The fourth-order valence-corrected chi connectivity index (χ4v) is 3.25. The van der Waals surface area contributed by atoms with Gasteiger partial charge in [-0.2, -0.15) is 4.98 Å². The lowest BCUT2D eigenvalue weighted by Crippen LogP contribution is -2.20. The third-order valence-corrected chi connectivity index (χ3v) is 5.35. The summed E-state index contributed by atoms with van der Waals surface area (Å²) in [6.45, 7) is 6.22.